The fourth-order valence-electron chi connectivity index (χ4n) is 2.92. The Morgan fingerprint density at radius 2 is 2.06 bits per heavy atom. The molecule has 2 atom stereocenters. The molecule has 2 fully saturated rings. The van der Waals surface area contributed by atoms with Gasteiger partial charge in [-0.25, -0.2) is 0 Å². The summed E-state index contributed by atoms with van der Waals surface area (Å²) in [6, 6.07) is 1.98. The van der Waals surface area contributed by atoms with Gasteiger partial charge < -0.3 is 5.32 Å². The van der Waals surface area contributed by atoms with Crippen LogP contribution in [0.15, 0.2) is 0 Å². The first-order valence-corrected chi connectivity index (χ1v) is 8.03. The summed E-state index contributed by atoms with van der Waals surface area (Å²) in [5.74, 6) is 1.83. The Balaban J connectivity index is 1.96. The molecule has 2 aliphatic rings. The van der Waals surface area contributed by atoms with Gasteiger partial charge in [0.15, 0.2) is 0 Å². The molecule has 0 radical (unpaired) electrons. The molecule has 2 aliphatic heterocycles. The Morgan fingerprint density at radius 3 is 2.69 bits per heavy atom. The van der Waals surface area contributed by atoms with E-state index >= 15 is 0 Å². The molecule has 94 valence electrons. The molecule has 0 saturated carbocycles. The van der Waals surface area contributed by atoms with E-state index in [1.807, 2.05) is 0 Å². The maximum absolute atomic E-state index is 11.4. The minimum absolute atomic E-state index is 0.530. The van der Waals surface area contributed by atoms with E-state index in [1.165, 1.54) is 6.42 Å². The van der Waals surface area contributed by atoms with Gasteiger partial charge in [0.2, 0.25) is 0 Å². The van der Waals surface area contributed by atoms with Crippen molar-refractivity contribution in [1.29, 1.82) is 0 Å². The second-order valence-corrected chi connectivity index (χ2v) is 6.84. The minimum atomic E-state index is -0.530. The van der Waals surface area contributed by atoms with Crippen LogP contribution in [0.2, 0.25) is 0 Å². The van der Waals surface area contributed by atoms with Crippen molar-refractivity contribution < 1.29 is 4.21 Å². The Bertz CT molecular complexity index is 249. The second-order valence-electron chi connectivity index (χ2n) is 5.15. The lowest BCUT2D eigenvalue weighted by molar-refractivity contribution is 0.0775. The fourth-order valence-corrected chi connectivity index (χ4v) is 4.20. The Labute approximate surface area is 101 Å². The number of nitrogens with zero attached hydrogens (tertiary/aromatic N) is 1. The van der Waals surface area contributed by atoms with Crippen molar-refractivity contribution in [1.82, 2.24) is 10.2 Å². The molecular formula is C12H24N2OS. The van der Waals surface area contributed by atoms with E-state index in [0.717, 1.165) is 37.4 Å². The van der Waals surface area contributed by atoms with Crippen molar-refractivity contribution >= 4 is 10.8 Å². The Kier molecular flexibility index (Phi) is 4.39. The van der Waals surface area contributed by atoms with Crippen molar-refractivity contribution in [2.75, 3.05) is 24.6 Å². The van der Waals surface area contributed by atoms with Gasteiger partial charge in [-0.05, 0) is 26.2 Å². The van der Waals surface area contributed by atoms with Gasteiger partial charge in [-0.2, -0.15) is 0 Å². The topological polar surface area (TPSA) is 32.3 Å². The lowest BCUT2D eigenvalue weighted by atomic mass is 10.0. The molecule has 2 saturated heterocycles. The predicted octanol–water partition coefficient (Wildman–Crippen LogP) is 0.970. The van der Waals surface area contributed by atoms with Crippen LogP contribution in [-0.2, 0) is 10.8 Å². The molecule has 0 bridgehead atoms. The molecule has 0 spiro atoms. The predicted molar refractivity (Wildman–Crippen MR) is 69.1 cm³/mol. The molecular weight excluding hydrogens is 220 g/mol. The average Bonchev–Trinajstić information content (AvgIpc) is 2.30. The van der Waals surface area contributed by atoms with Crippen LogP contribution in [0.5, 0.6) is 0 Å². The van der Waals surface area contributed by atoms with Crippen molar-refractivity contribution in [3.8, 4) is 0 Å². The minimum Gasteiger partial charge on any atom is -0.311 e. The SMILES string of the molecule is CCC1CNC(C)CN1C1CCS(=O)CC1. The highest BCUT2D eigenvalue weighted by Gasteiger charge is 2.32. The van der Waals surface area contributed by atoms with Gasteiger partial charge >= 0.3 is 0 Å². The Hall–Kier alpha value is 0.0700. The first kappa shape index (κ1) is 12.5. The maximum atomic E-state index is 11.4. The number of hydrogen-bond donors (Lipinski definition) is 1. The first-order chi connectivity index (χ1) is 7.70. The van der Waals surface area contributed by atoms with Gasteiger partial charge in [0.25, 0.3) is 0 Å². The van der Waals surface area contributed by atoms with Gasteiger partial charge in [0.1, 0.15) is 0 Å². The van der Waals surface area contributed by atoms with Gasteiger partial charge in [0.05, 0.1) is 0 Å². The number of nitrogens with one attached hydrogen (secondary N) is 1. The van der Waals surface area contributed by atoms with E-state index in [1.54, 1.807) is 0 Å². The monoisotopic (exact) mass is 244 g/mol. The summed E-state index contributed by atoms with van der Waals surface area (Å²) in [7, 11) is -0.530. The summed E-state index contributed by atoms with van der Waals surface area (Å²) in [6.07, 6.45) is 3.49. The maximum Gasteiger partial charge on any atom is 0.0249 e. The van der Waals surface area contributed by atoms with Crippen LogP contribution in [0, 0.1) is 0 Å². The molecule has 0 aromatic rings. The van der Waals surface area contributed by atoms with E-state index in [2.05, 4.69) is 24.1 Å². The smallest absolute Gasteiger partial charge is 0.0249 e. The molecule has 2 unspecified atom stereocenters. The highest BCUT2D eigenvalue weighted by Crippen LogP contribution is 2.22. The summed E-state index contributed by atoms with van der Waals surface area (Å²) in [5, 5.41) is 3.56. The summed E-state index contributed by atoms with van der Waals surface area (Å²) in [4.78, 5) is 2.68. The highest BCUT2D eigenvalue weighted by atomic mass is 32.2. The third-order valence-corrected chi connectivity index (χ3v) is 5.34. The van der Waals surface area contributed by atoms with Crippen molar-refractivity contribution in [2.45, 2.75) is 51.2 Å². The summed E-state index contributed by atoms with van der Waals surface area (Å²) in [5.41, 5.74) is 0. The van der Waals surface area contributed by atoms with Crippen LogP contribution in [0.1, 0.15) is 33.1 Å². The van der Waals surface area contributed by atoms with Gasteiger partial charge in [-0.3, -0.25) is 9.11 Å². The van der Waals surface area contributed by atoms with Crippen molar-refractivity contribution in [3.63, 3.8) is 0 Å². The van der Waals surface area contributed by atoms with Crippen LogP contribution in [0.3, 0.4) is 0 Å². The molecule has 2 heterocycles. The second kappa shape index (κ2) is 5.61. The van der Waals surface area contributed by atoms with E-state index in [-0.39, 0.29) is 0 Å². The quantitative estimate of drug-likeness (QED) is 0.785. The van der Waals surface area contributed by atoms with Gasteiger partial charge in [-0.15, -0.1) is 0 Å². The lowest BCUT2D eigenvalue weighted by Gasteiger charge is -2.45. The number of piperazine rings is 1. The van der Waals surface area contributed by atoms with Crippen LogP contribution >= 0.6 is 0 Å². The summed E-state index contributed by atoms with van der Waals surface area (Å²) in [6.45, 7) is 6.82. The largest absolute Gasteiger partial charge is 0.311 e. The van der Waals surface area contributed by atoms with Gasteiger partial charge in [-0.1, -0.05) is 6.92 Å². The standard InChI is InChI=1S/C12H24N2OS/c1-3-11-8-13-10(2)9-14(11)12-4-6-16(15)7-5-12/h10-13H,3-9H2,1-2H3. The zero-order valence-electron chi connectivity index (χ0n) is 10.4. The molecule has 3 nitrogen and oxygen atoms in total. The highest BCUT2D eigenvalue weighted by molar-refractivity contribution is 7.85. The lowest BCUT2D eigenvalue weighted by Crippen LogP contribution is -2.59. The van der Waals surface area contributed by atoms with E-state index in [0.29, 0.717) is 18.1 Å². The van der Waals surface area contributed by atoms with Crippen LogP contribution in [-0.4, -0.2) is 51.8 Å². The molecule has 4 heteroatoms. The zero-order valence-corrected chi connectivity index (χ0v) is 11.3. The van der Waals surface area contributed by atoms with E-state index in [9.17, 15) is 4.21 Å². The molecule has 16 heavy (non-hydrogen) atoms. The number of rotatable bonds is 2. The van der Waals surface area contributed by atoms with Crippen molar-refractivity contribution in [2.24, 2.45) is 0 Å². The van der Waals surface area contributed by atoms with Gasteiger partial charge in [0, 0.05) is 53.5 Å². The van der Waals surface area contributed by atoms with Crippen molar-refractivity contribution in [3.05, 3.63) is 0 Å². The third kappa shape index (κ3) is 2.84. The summed E-state index contributed by atoms with van der Waals surface area (Å²) < 4.78 is 11.4. The van der Waals surface area contributed by atoms with Crippen LogP contribution in [0.25, 0.3) is 0 Å². The third-order valence-electron chi connectivity index (χ3n) is 3.95. The molecule has 2 rings (SSSR count). The first-order valence-electron chi connectivity index (χ1n) is 6.54. The van der Waals surface area contributed by atoms with E-state index < -0.39 is 10.8 Å². The average molecular weight is 244 g/mol. The summed E-state index contributed by atoms with van der Waals surface area (Å²) >= 11 is 0. The molecule has 1 N–H and O–H groups in total. The molecule has 0 amide bonds. The molecule has 0 aromatic carbocycles. The zero-order chi connectivity index (χ0) is 11.5. The van der Waals surface area contributed by atoms with Crippen LogP contribution in [0.4, 0.5) is 0 Å². The van der Waals surface area contributed by atoms with E-state index in [4.69, 9.17) is 0 Å². The molecule has 0 aliphatic carbocycles. The van der Waals surface area contributed by atoms with Crippen LogP contribution < -0.4 is 5.32 Å². The Morgan fingerprint density at radius 1 is 1.38 bits per heavy atom. The fraction of sp³-hybridized carbons (Fsp3) is 1.00. The normalized spacial score (nSPS) is 42.1. The molecule has 0 aromatic heterocycles. The number of hydrogen-bond acceptors (Lipinski definition) is 3.